The zero-order chi connectivity index (χ0) is 16.2. The standard InChI is InChI=1S/C19H18O2S2/c1-3-13-8-10-22-18(13)14-4-6-15(7-5-14)19-16(9-11-23-19)12-17(20)21-2/h4-11H,3,12H2,1-2H3. The van der Waals surface area contributed by atoms with Crippen LogP contribution in [0.5, 0.6) is 0 Å². The molecule has 0 aliphatic heterocycles. The van der Waals surface area contributed by atoms with E-state index >= 15 is 0 Å². The SMILES string of the molecule is CCc1ccsc1-c1ccc(-c2sccc2CC(=O)OC)cc1. The number of carbonyl (C=O) groups is 1. The molecule has 0 unspecified atom stereocenters. The average Bonchev–Trinajstić information content (AvgIpc) is 3.23. The molecule has 4 heteroatoms. The second kappa shape index (κ2) is 7.11. The Morgan fingerprint density at radius 3 is 1.96 bits per heavy atom. The molecule has 118 valence electrons. The van der Waals surface area contributed by atoms with Crippen molar-refractivity contribution >= 4 is 28.6 Å². The van der Waals surface area contributed by atoms with Gasteiger partial charge in [0.2, 0.25) is 0 Å². The molecule has 0 bridgehead atoms. The maximum absolute atomic E-state index is 11.5. The van der Waals surface area contributed by atoms with E-state index in [0.717, 1.165) is 22.4 Å². The van der Waals surface area contributed by atoms with Crippen LogP contribution in [0.1, 0.15) is 18.1 Å². The molecule has 0 aliphatic carbocycles. The van der Waals surface area contributed by atoms with E-state index in [1.807, 2.05) is 11.4 Å². The third kappa shape index (κ3) is 3.38. The van der Waals surface area contributed by atoms with Crippen LogP contribution in [-0.4, -0.2) is 13.1 Å². The smallest absolute Gasteiger partial charge is 0.310 e. The number of ether oxygens (including phenoxy) is 1. The zero-order valence-corrected chi connectivity index (χ0v) is 14.8. The molecule has 0 saturated heterocycles. The molecule has 0 saturated carbocycles. The summed E-state index contributed by atoms with van der Waals surface area (Å²) in [6, 6.07) is 12.8. The van der Waals surface area contributed by atoms with E-state index in [2.05, 4.69) is 42.6 Å². The summed E-state index contributed by atoms with van der Waals surface area (Å²) in [5.41, 5.74) is 4.83. The second-order valence-corrected chi connectivity index (χ2v) is 7.07. The van der Waals surface area contributed by atoms with E-state index in [-0.39, 0.29) is 5.97 Å². The molecule has 0 fully saturated rings. The highest BCUT2D eigenvalue weighted by Gasteiger charge is 2.12. The highest BCUT2D eigenvalue weighted by atomic mass is 32.1. The van der Waals surface area contributed by atoms with Crippen LogP contribution in [0.3, 0.4) is 0 Å². The highest BCUT2D eigenvalue weighted by molar-refractivity contribution is 7.14. The predicted octanol–water partition coefficient (Wildman–Crippen LogP) is 5.42. The van der Waals surface area contributed by atoms with Gasteiger partial charge in [-0.15, -0.1) is 22.7 Å². The third-order valence-electron chi connectivity index (χ3n) is 3.85. The number of rotatable bonds is 5. The van der Waals surface area contributed by atoms with Crippen molar-refractivity contribution in [3.05, 3.63) is 58.3 Å². The fourth-order valence-corrected chi connectivity index (χ4v) is 4.53. The minimum absolute atomic E-state index is 0.201. The van der Waals surface area contributed by atoms with Gasteiger partial charge in [0.05, 0.1) is 13.5 Å². The van der Waals surface area contributed by atoms with Crippen LogP contribution in [0.15, 0.2) is 47.2 Å². The van der Waals surface area contributed by atoms with E-state index in [0.29, 0.717) is 6.42 Å². The molecule has 2 nitrogen and oxygen atoms in total. The molecule has 3 rings (SSSR count). The van der Waals surface area contributed by atoms with Gasteiger partial charge in [-0.2, -0.15) is 0 Å². The largest absolute Gasteiger partial charge is 0.469 e. The summed E-state index contributed by atoms with van der Waals surface area (Å²) in [5.74, 6) is -0.201. The Morgan fingerprint density at radius 1 is 0.913 bits per heavy atom. The van der Waals surface area contributed by atoms with Crippen LogP contribution in [0.2, 0.25) is 0 Å². The normalized spacial score (nSPS) is 10.7. The lowest BCUT2D eigenvalue weighted by molar-refractivity contribution is -0.139. The number of aryl methyl sites for hydroxylation is 1. The molecule has 1 aromatic carbocycles. The summed E-state index contributed by atoms with van der Waals surface area (Å²) < 4.78 is 4.78. The number of carbonyl (C=O) groups excluding carboxylic acids is 1. The van der Waals surface area contributed by atoms with Gasteiger partial charge in [0, 0.05) is 9.75 Å². The molecule has 23 heavy (non-hydrogen) atoms. The zero-order valence-electron chi connectivity index (χ0n) is 13.2. The number of methoxy groups -OCH3 is 1. The van der Waals surface area contributed by atoms with Crippen molar-refractivity contribution < 1.29 is 9.53 Å². The van der Waals surface area contributed by atoms with Crippen molar-refractivity contribution in [1.29, 1.82) is 0 Å². The molecule has 0 aliphatic rings. The summed E-state index contributed by atoms with van der Waals surface area (Å²) in [6.45, 7) is 2.19. The molecule has 3 aromatic rings. The number of hydrogen-bond acceptors (Lipinski definition) is 4. The van der Waals surface area contributed by atoms with Gasteiger partial charge in [-0.3, -0.25) is 4.79 Å². The number of thiophene rings is 2. The van der Waals surface area contributed by atoms with E-state index in [4.69, 9.17) is 4.74 Å². The lowest BCUT2D eigenvalue weighted by Gasteiger charge is -2.06. The van der Waals surface area contributed by atoms with Gasteiger partial charge < -0.3 is 4.74 Å². The minimum Gasteiger partial charge on any atom is -0.469 e. The molecule has 0 atom stereocenters. The van der Waals surface area contributed by atoms with Gasteiger partial charge >= 0.3 is 5.97 Å². The van der Waals surface area contributed by atoms with Crippen LogP contribution in [-0.2, 0) is 22.4 Å². The van der Waals surface area contributed by atoms with Crippen LogP contribution in [0, 0.1) is 0 Å². The maximum atomic E-state index is 11.5. The monoisotopic (exact) mass is 342 g/mol. The summed E-state index contributed by atoms with van der Waals surface area (Å²) in [7, 11) is 1.43. The topological polar surface area (TPSA) is 26.3 Å². The molecule has 0 N–H and O–H groups in total. The maximum Gasteiger partial charge on any atom is 0.310 e. The van der Waals surface area contributed by atoms with Crippen molar-refractivity contribution in [1.82, 2.24) is 0 Å². The molecule has 2 heterocycles. The van der Waals surface area contributed by atoms with Gasteiger partial charge in [-0.25, -0.2) is 0 Å². The Kier molecular flexibility index (Phi) is 4.94. The Morgan fingerprint density at radius 2 is 1.43 bits per heavy atom. The Bertz CT molecular complexity index is 797. The van der Waals surface area contributed by atoms with E-state index in [9.17, 15) is 4.79 Å². The molecule has 0 amide bonds. The minimum atomic E-state index is -0.201. The number of hydrogen-bond donors (Lipinski definition) is 0. The predicted molar refractivity (Wildman–Crippen MR) is 98.2 cm³/mol. The van der Waals surface area contributed by atoms with Crippen molar-refractivity contribution in [3.63, 3.8) is 0 Å². The number of benzene rings is 1. The quantitative estimate of drug-likeness (QED) is 0.579. The summed E-state index contributed by atoms with van der Waals surface area (Å²) in [6.07, 6.45) is 1.37. The average molecular weight is 342 g/mol. The van der Waals surface area contributed by atoms with Gasteiger partial charge in [0.1, 0.15) is 0 Å². The Labute approximate surface area is 144 Å². The van der Waals surface area contributed by atoms with Gasteiger partial charge in [-0.05, 0) is 51.6 Å². The molecule has 2 aromatic heterocycles. The van der Waals surface area contributed by atoms with E-state index in [1.54, 1.807) is 22.7 Å². The first-order chi connectivity index (χ1) is 11.2. The molecular formula is C19H18O2S2. The first kappa shape index (κ1) is 16.0. The fourth-order valence-electron chi connectivity index (χ4n) is 2.60. The van der Waals surface area contributed by atoms with Crippen molar-refractivity contribution in [2.75, 3.05) is 7.11 Å². The summed E-state index contributed by atoms with van der Waals surface area (Å²) in [4.78, 5) is 14.0. The lowest BCUT2D eigenvalue weighted by atomic mass is 10.0. The van der Waals surface area contributed by atoms with Crippen LogP contribution < -0.4 is 0 Å². The molecule has 0 radical (unpaired) electrons. The first-order valence-corrected chi connectivity index (χ1v) is 9.29. The van der Waals surface area contributed by atoms with E-state index in [1.165, 1.54) is 23.1 Å². The van der Waals surface area contributed by atoms with E-state index < -0.39 is 0 Å². The Hall–Kier alpha value is -1.91. The second-order valence-electron chi connectivity index (χ2n) is 5.23. The van der Waals surface area contributed by atoms with Crippen LogP contribution >= 0.6 is 22.7 Å². The van der Waals surface area contributed by atoms with Crippen LogP contribution in [0.4, 0.5) is 0 Å². The first-order valence-electron chi connectivity index (χ1n) is 7.53. The number of esters is 1. The van der Waals surface area contributed by atoms with Gasteiger partial charge in [0.15, 0.2) is 0 Å². The molecule has 0 spiro atoms. The summed E-state index contributed by atoms with van der Waals surface area (Å²) >= 11 is 3.45. The summed E-state index contributed by atoms with van der Waals surface area (Å²) in [5, 5.41) is 4.17. The lowest BCUT2D eigenvalue weighted by Crippen LogP contribution is -2.04. The van der Waals surface area contributed by atoms with Crippen molar-refractivity contribution in [2.24, 2.45) is 0 Å². The fraction of sp³-hybridized carbons (Fsp3) is 0.211. The Balaban J connectivity index is 1.89. The third-order valence-corrected chi connectivity index (χ3v) is 5.86. The van der Waals surface area contributed by atoms with Gasteiger partial charge in [0.25, 0.3) is 0 Å². The van der Waals surface area contributed by atoms with Crippen molar-refractivity contribution in [3.8, 4) is 20.9 Å². The molecular weight excluding hydrogens is 324 g/mol. The van der Waals surface area contributed by atoms with Crippen molar-refractivity contribution in [2.45, 2.75) is 19.8 Å². The van der Waals surface area contributed by atoms with Crippen LogP contribution in [0.25, 0.3) is 20.9 Å². The van der Waals surface area contributed by atoms with Gasteiger partial charge in [-0.1, -0.05) is 31.2 Å². The highest BCUT2D eigenvalue weighted by Crippen LogP contribution is 2.34.